The first-order chi connectivity index (χ1) is 16.3. The van der Waals surface area contributed by atoms with Crippen LogP contribution < -0.4 is 21.3 Å². The molecule has 6 nitrogen and oxygen atoms in total. The molecule has 0 aliphatic carbocycles. The molecule has 0 spiro atoms. The standard InChI is InChI=1S/C29H40N4O2/c1-20(2)22-12-9-14-24(18-22)28(5,6)32-26(34)30-16-11-17-31-27(35)33-29(7,8)25-15-10-13-23(19-25)21(3)4/h9-10,12-15,18-19H,1,3,11,16-17H2,2,4-8H3,(H2,30,32,34)(H2,31,33,35). The minimum absolute atomic E-state index is 0.251. The summed E-state index contributed by atoms with van der Waals surface area (Å²) in [5.74, 6) is 0. The lowest BCUT2D eigenvalue weighted by molar-refractivity contribution is 0.229. The fraction of sp³-hybridized carbons (Fsp3) is 0.379. The summed E-state index contributed by atoms with van der Waals surface area (Å²) in [5.41, 5.74) is 4.98. The fourth-order valence-corrected chi connectivity index (χ4v) is 3.64. The number of rotatable bonds is 10. The number of nitrogens with one attached hydrogen (secondary N) is 4. The summed E-state index contributed by atoms with van der Waals surface area (Å²) in [6.45, 7) is 20.6. The van der Waals surface area contributed by atoms with Crippen LogP contribution in [0.25, 0.3) is 11.1 Å². The highest BCUT2D eigenvalue weighted by molar-refractivity contribution is 5.76. The van der Waals surface area contributed by atoms with Crippen molar-refractivity contribution >= 4 is 23.2 Å². The highest BCUT2D eigenvalue weighted by atomic mass is 16.2. The second-order valence-electron chi connectivity index (χ2n) is 10.1. The van der Waals surface area contributed by atoms with Crippen molar-refractivity contribution in [3.8, 4) is 0 Å². The van der Waals surface area contributed by atoms with Crippen molar-refractivity contribution in [3.05, 3.63) is 83.9 Å². The van der Waals surface area contributed by atoms with Crippen LogP contribution in [0.15, 0.2) is 61.7 Å². The molecule has 4 amide bonds. The molecule has 0 bridgehead atoms. The number of hydrogen-bond donors (Lipinski definition) is 4. The Hall–Kier alpha value is -3.54. The molecule has 0 aliphatic heterocycles. The van der Waals surface area contributed by atoms with E-state index >= 15 is 0 Å². The quantitative estimate of drug-likeness (QED) is 0.321. The summed E-state index contributed by atoms with van der Waals surface area (Å²) >= 11 is 0. The Bertz CT molecular complexity index is 1000. The zero-order valence-corrected chi connectivity index (χ0v) is 22.0. The molecule has 0 atom stereocenters. The van der Waals surface area contributed by atoms with Crippen LogP contribution in [0.4, 0.5) is 9.59 Å². The lowest BCUT2D eigenvalue weighted by atomic mass is 9.92. The predicted molar refractivity (Wildman–Crippen MR) is 146 cm³/mol. The van der Waals surface area contributed by atoms with E-state index in [1.807, 2.05) is 90.1 Å². The molecule has 0 fully saturated rings. The number of benzene rings is 2. The molecule has 0 saturated carbocycles. The smallest absolute Gasteiger partial charge is 0.315 e. The second kappa shape index (κ2) is 11.7. The molecule has 2 aromatic carbocycles. The number of allylic oxidation sites excluding steroid dienone is 2. The van der Waals surface area contributed by atoms with Gasteiger partial charge in [-0.3, -0.25) is 0 Å². The first-order valence-electron chi connectivity index (χ1n) is 12.0. The van der Waals surface area contributed by atoms with E-state index in [4.69, 9.17) is 0 Å². The molecule has 0 aromatic heterocycles. The van der Waals surface area contributed by atoms with Crippen LogP contribution in [0.1, 0.15) is 70.2 Å². The van der Waals surface area contributed by atoms with E-state index in [0.29, 0.717) is 19.5 Å². The van der Waals surface area contributed by atoms with Gasteiger partial charge < -0.3 is 21.3 Å². The SMILES string of the molecule is C=C(C)c1cccc(C(C)(C)NC(=O)NCCCNC(=O)NC(C)(C)c2cccc(C(=C)C)c2)c1. The molecule has 0 unspecified atom stereocenters. The van der Waals surface area contributed by atoms with E-state index in [-0.39, 0.29) is 12.1 Å². The van der Waals surface area contributed by atoms with Crippen molar-refractivity contribution in [1.29, 1.82) is 0 Å². The highest BCUT2D eigenvalue weighted by Crippen LogP contribution is 2.24. The Kier molecular flexibility index (Phi) is 9.29. The Labute approximate surface area is 210 Å². The van der Waals surface area contributed by atoms with Crippen LogP contribution in [0.5, 0.6) is 0 Å². The largest absolute Gasteiger partial charge is 0.338 e. The molecular weight excluding hydrogens is 436 g/mol. The van der Waals surface area contributed by atoms with Gasteiger partial charge in [-0.15, -0.1) is 0 Å². The highest BCUT2D eigenvalue weighted by Gasteiger charge is 2.24. The van der Waals surface area contributed by atoms with Gasteiger partial charge in [0.15, 0.2) is 0 Å². The average molecular weight is 477 g/mol. The van der Waals surface area contributed by atoms with Crippen LogP contribution in [0.2, 0.25) is 0 Å². The maximum Gasteiger partial charge on any atom is 0.315 e. The van der Waals surface area contributed by atoms with Gasteiger partial charge in [-0.1, -0.05) is 60.7 Å². The van der Waals surface area contributed by atoms with E-state index in [1.165, 1.54) is 0 Å². The third-order valence-corrected chi connectivity index (χ3v) is 5.93. The summed E-state index contributed by atoms with van der Waals surface area (Å²) in [7, 11) is 0. The van der Waals surface area contributed by atoms with Gasteiger partial charge >= 0.3 is 12.1 Å². The van der Waals surface area contributed by atoms with Gasteiger partial charge in [0, 0.05) is 13.1 Å². The number of carbonyl (C=O) groups is 2. The fourth-order valence-electron chi connectivity index (χ4n) is 3.64. The van der Waals surface area contributed by atoms with Gasteiger partial charge in [-0.05, 0) is 82.3 Å². The molecular formula is C29H40N4O2. The van der Waals surface area contributed by atoms with Crippen LogP contribution in [-0.2, 0) is 11.1 Å². The van der Waals surface area contributed by atoms with Crippen molar-refractivity contribution in [1.82, 2.24) is 21.3 Å². The molecule has 0 saturated heterocycles. The van der Waals surface area contributed by atoms with E-state index in [9.17, 15) is 9.59 Å². The van der Waals surface area contributed by atoms with E-state index in [0.717, 1.165) is 33.4 Å². The number of amides is 4. The van der Waals surface area contributed by atoms with Gasteiger partial charge in [-0.25, -0.2) is 9.59 Å². The summed E-state index contributed by atoms with van der Waals surface area (Å²) in [6.07, 6.45) is 0.609. The Morgan fingerprint density at radius 1 is 0.714 bits per heavy atom. The maximum atomic E-state index is 12.4. The summed E-state index contributed by atoms with van der Waals surface area (Å²) < 4.78 is 0. The summed E-state index contributed by atoms with van der Waals surface area (Å²) in [4.78, 5) is 24.8. The lowest BCUT2D eigenvalue weighted by Crippen LogP contribution is -2.48. The topological polar surface area (TPSA) is 82.3 Å². The molecule has 0 radical (unpaired) electrons. The maximum absolute atomic E-state index is 12.4. The van der Waals surface area contributed by atoms with Gasteiger partial charge in [0.25, 0.3) is 0 Å². The van der Waals surface area contributed by atoms with Gasteiger partial charge in [0.1, 0.15) is 0 Å². The molecule has 188 valence electrons. The lowest BCUT2D eigenvalue weighted by Gasteiger charge is -2.28. The molecule has 35 heavy (non-hydrogen) atoms. The number of carbonyl (C=O) groups excluding carboxylic acids is 2. The zero-order chi connectivity index (χ0) is 26.2. The van der Waals surface area contributed by atoms with Gasteiger partial charge in [0.2, 0.25) is 0 Å². The van der Waals surface area contributed by atoms with Crippen LogP contribution in [-0.4, -0.2) is 25.2 Å². The number of hydrogen-bond acceptors (Lipinski definition) is 2. The predicted octanol–water partition coefficient (Wildman–Crippen LogP) is 5.91. The van der Waals surface area contributed by atoms with Crippen molar-refractivity contribution in [2.45, 2.75) is 59.0 Å². The minimum Gasteiger partial charge on any atom is -0.338 e. The molecule has 2 aromatic rings. The van der Waals surface area contributed by atoms with E-state index < -0.39 is 11.1 Å². The first-order valence-corrected chi connectivity index (χ1v) is 12.0. The molecule has 4 N–H and O–H groups in total. The van der Waals surface area contributed by atoms with Crippen molar-refractivity contribution in [2.75, 3.05) is 13.1 Å². The second-order valence-corrected chi connectivity index (χ2v) is 10.1. The third-order valence-electron chi connectivity index (χ3n) is 5.93. The monoisotopic (exact) mass is 476 g/mol. The van der Waals surface area contributed by atoms with Crippen LogP contribution in [0, 0.1) is 0 Å². The van der Waals surface area contributed by atoms with Gasteiger partial charge in [0.05, 0.1) is 11.1 Å². The Balaban J connectivity index is 1.76. The van der Waals surface area contributed by atoms with E-state index in [1.54, 1.807) is 0 Å². The van der Waals surface area contributed by atoms with Crippen LogP contribution in [0.3, 0.4) is 0 Å². The number of urea groups is 2. The zero-order valence-electron chi connectivity index (χ0n) is 22.0. The van der Waals surface area contributed by atoms with Crippen LogP contribution >= 0.6 is 0 Å². The normalized spacial score (nSPS) is 11.4. The molecule has 6 heteroatoms. The third kappa shape index (κ3) is 8.32. The Morgan fingerprint density at radius 2 is 1.09 bits per heavy atom. The minimum atomic E-state index is -0.541. The van der Waals surface area contributed by atoms with Crippen molar-refractivity contribution < 1.29 is 9.59 Å². The first kappa shape index (κ1) is 27.7. The van der Waals surface area contributed by atoms with Crippen molar-refractivity contribution in [3.63, 3.8) is 0 Å². The Morgan fingerprint density at radius 3 is 1.43 bits per heavy atom. The van der Waals surface area contributed by atoms with E-state index in [2.05, 4.69) is 34.4 Å². The average Bonchev–Trinajstić information content (AvgIpc) is 2.78. The molecule has 2 rings (SSSR count). The van der Waals surface area contributed by atoms with Gasteiger partial charge in [-0.2, -0.15) is 0 Å². The summed E-state index contributed by atoms with van der Waals surface area (Å²) in [5, 5.41) is 11.8. The summed E-state index contributed by atoms with van der Waals surface area (Å²) in [6, 6.07) is 15.5. The molecule has 0 heterocycles. The van der Waals surface area contributed by atoms with Crippen molar-refractivity contribution in [2.24, 2.45) is 0 Å². The molecule has 0 aliphatic rings.